The third kappa shape index (κ3) is 9.55. The Bertz CT molecular complexity index is 1020. The van der Waals surface area contributed by atoms with E-state index < -0.39 is 11.8 Å². The van der Waals surface area contributed by atoms with Gasteiger partial charge in [-0.25, -0.2) is 5.43 Å². The Morgan fingerprint density at radius 1 is 1.09 bits per heavy atom. The number of ether oxygens (including phenoxy) is 2. The van der Waals surface area contributed by atoms with E-state index in [4.69, 9.17) is 9.47 Å². The Kier molecular flexibility index (Phi) is 10.2. The molecule has 10 heteroatoms. The summed E-state index contributed by atoms with van der Waals surface area (Å²) in [7, 11) is 0. The van der Waals surface area contributed by atoms with Crippen LogP contribution in [0.5, 0.6) is 5.75 Å². The number of morpholine rings is 1. The summed E-state index contributed by atoms with van der Waals surface area (Å²) in [5, 5.41) is 9.18. The van der Waals surface area contributed by atoms with E-state index >= 15 is 0 Å². The van der Waals surface area contributed by atoms with Crippen molar-refractivity contribution in [1.82, 2.24) is 15.6 Å². The Hall–Kier alpha value is -3.76. The van der Waals surface area contributed by atoms with E-state index in [0.717, 1.165) is 50.4 Å². The number of hydrogen-bond acceptors (Lipinski definition) is 7. The summed E-state index contributed by atoms with van der Waals surface area (Å²) in [6.07, 6.45) is 2.23. The summed E-state index contributed by atoms with van der Waals surface area (Å²) in [6, 6.07) is 14.5. The van der Waals surface area contributed by atoms with Crippen molar-refractivity contribution in [3.05, 3.63) is 59.7 Å². The number of anilines is 1. The van der Waals surface area contributed by atoms with Gasteiger partial charge in [-0.3, -0.25) is 19.3 Å². The smallest absolute Gasteiger partial charge is 0.329 e. The molecule has 3 N–H and O–H groups in total. The zero-order chi connectivity index (χ0) is 24.9. The van der Waals surface area contributed by atoms with E-state index in [9.17, 15) is 14.4 Å². The lowest BCUT2D eigenvalue weighted by atomic mass is 10.1. The molecule has 0 aromatic heterocycles. The first-order valence-corrected chi connectivity index (χ1v) is 11.5. The van der Waals surface area contributed by atoms with Crippen LogP contribution < -0.4 is 20.8 Å². The van der Waals surface area contributed by atoms with Gasteiger partial charge in [0.15, 0.2) is 0 Å². The van der Waals surface area contributed by atoms with E-state index in [2.05, 4.69) is 26.1 Å². The molecule has 10 nitrogen and oxygen atoms in total. The molecule has 1 aliphatic heterocycles. The number of amides is 3. The maximum absolute atomic E-state index is 11.9. The van der Waals surface area contributed by atoms with E-state index in [-0.39, 0.29) is 5.91 Å². The molecule has 0 atom stereocenters. The summed E-state index contributed by atoms with van der Waals surface area (Å²) < 4.78 is 11.1. The van der Waals surface area contributed by atoms with Crippen LogP contribution >= 0.6 is 0 Å². The fourth-order valence-corrected chi connectivity index (χ4v) is 3.39. The molecule has 0 unspecified atom stereocenters. The minimum atomic E-state index is -0.810. The van der Waals surface area contributed by atoms with Gasteiger partial charge in [0.2, 0.25) is 5.91 Å². The molecule has 0 spiro atoms. The largest absolute Gasteiger partial charge is 0.489 e. The van der Waals surface area contributed by atoms with E-state index in [0.29, 0.717) is 24.6 Å². The highest BCUT2D eigenvalue weighted by Gasteiger charge is 2.13. The summed E-state index contributed by atoms with van der Waals surface area (Å²) >= 11 is 0. The monoisotopic (exact) mass is 481 g/mol. The molecule has 0 saturated carbocycles. The van der Waals surface area contributed by atoms with Gasteiger partial charge in [-0.1, -0.05) is 18.2 Å². The molecule has 35 heavy (non-hydrogen) atoms. The predicted octanol–water partition coefficient (Wildman–Crippen LogP) is 1.51. The molecule has 1 fully saturated rings. The zero-order valence-corrected chi connectivity index (χ0v) is 19.8. The lowest BCUT2D eigenvalue weighted by Gasteiger charge is -2.26. The summed E-state index contributed by atoms with van der Waals surface area (Å²) in [6.45, 7) is 6.31. The maximum Gasteiger partial charge on any atom is 0.329 e. The van der Waals surface area contributed by atoms with Gasteiger partial charge < -0.3 is 20.1 Å². The average Bonchev–Trinajstić information content (AvgIpc) is 2.86. The number of rotatable bonds is 10. The molecule has 3 rings (SSSR count). The van der Waals surface area contributed by atoms with E-state index in [1.807, 2.05) is 24.3 Å². The van der Waals surface area contributed by atoms with Crippen molar-refractivity contribution in [1.29, 1.82) is 0 Å². The van der Waals surface area contributed by atoms with Crippen LogP contribution in [0.1, 0.15) is 24.5 Å². The number of carbonyl (C=O) groups excluding carboxylic acids is 3. The molecule has 186 valence electrons. The predicted molar refractivity (Wildman–Crippen MR) is 132 cm³/mol. The maximum atomic E-state index is 11.9. The normalized spacial score (nSPS) is 13.9. The molecule has 0 aliphatic carbocycles. The highest BCUT2D eigenvalue weighted by Crippen LogP contribution is 2.17. The van der Waals surface area contributed by atoms with Crippen molar-refractivity contribution in [3.8, 4) is 5.75 Å². The third-order valence-electron chi connectivity index (χ3n) is 5.16. The highest BCUT2D eigenvalue weighted by atomic mass is 16.5. The van der Waals surface area contributed by atoms with Crippen molar-refractivity contribution >= 4 is 29.6 Å². The topological polar surface area (TPSA) is 121 Å². The third-order valence-corrected chi connectivity index (χ3v) is 5.16. The van der Waals surface area contributed by atoms with Crippen LogP contribution in [-0.2, 0) is 25.7 Å². The minimum Gasteiger partial charge on any atom is -0.489 e. The standard InChI is InChI=1S/C25H31N5O5/c1-19(31)28-22-6-8-23(9-7-22)35-18-21-5-2-4-20(16-21)17-27-29-25(33)24(32)26-10-3-11-30-12-14-34-15-13-30/h2,4-9,16-17H,3,10-15,18H2,1H3,(H,26,32)(H,28,31)(H,29,33)/b27-17+. The molecule has 0 radical (unpaired) electrons. The molecular formula is C25H31N5O5. The van der Waals surface area contributed by atoms with Gasteiger partial charge in [-0.2, -0.15) is 5.10 Å². The molecule has 3 amide bonds. The van der Waals surface area contributed by atoms with Crippen LogP contribution in [0.3, 0.4) is 0 Å². The minimum absolute atomic E-state index is 0.131. The second-order valence-corrected chi connectivity index (χ2v) is 8.00. The number of hydrogen-bond donors (Lipinski definition) is 3. The Labute approximate surface area is 204 Å². The Morgan fingerprint density at radius 3 is 2.60 bits per heavy atom. The van der Waals surface area contributed by atoms with Crippen molar-refractivity contribution in [2.45, 2.75) is 20.0 Å². The SMILES string of the molecule is CC(=O)Nc1ccc(OCc2cccc(/C=N/NC(=O)C(=O)NCCCN3CCOCC3)c2)cc1. The number of benzene rings is 2. The van der Waals surface area contributed by atoms with Gasteiger partial charge in [-0.15, -0.1) is 0 Å². The van der Waals surface area contributed by atoms with E-state index in [1.54, 1.807) is 24.3 Å². The molecule has 0 bridgehead atoms. The van der Waals surface area contributed by atoms with Crippen LogP contribution in [0.25, 0.3) is 0 Å². The van der Waals surface area contributed by atoms with Crippen LogP contribution in [0, 0.1) is 0 Å². The molecule has 1 saturated heterocycles. The zero-order valence-electron chi connectivity index (χ0n) is 19.8. The summed E-state index contributed by atoms with van der Waals surface area (Å²) in [5.41, 5.74) is 4.60. The van der Waals surface area contributed by atoms with Crippen LogP contribution in [-0.4, -0.2) is 68.2 Å². The Morgan fingerprint density at radius 2 is 1.86 bits per heavy atom. The van der Waals surface area contributed by atoms with Gasteiger partial charge in [-0.05, 0) is 54.4 Å². The lowest BCUT2D eigenvalue weighted by molar-refractivity contribution is -0.139. The molecule has 2 aromatic rings. The van der Waals surface area contributed by atoms with Crippen molar-refractivity contribution < 1.29 is 23.9 Å². The first-order chi connectivity index (χ1) is 17.0. The van der Waals surface area contributed by atoms with Gasteiger partial charge in [0.05, 0.1) is 19.4 Å². The van der Waals surface area contributed by atoms with Crippen LogP contribution in [0.15, 0.2) is 53.6 Å². The fourth-order valence-electron chi connectivity index (χ4n) is 3.39. The van der Waals surface area contributed by atoms with Crippen LogP contribution in [0.4, 0.5) is 5.69 Å². The number of nitrogens with one attached hydrogen (secondary N) is 3. The van der Waals surface area contributed by atoms with Gasteiger partial charge >= 0.3 is 11.8 Å². The summed E-state index contributed by atoms with van der Waals surface area (Å²) in [4.78, 5) is 37.2. The number of hydrazone groups is 1. The second kappa shape index (κ2) is 13.8. The van der Waals surface area contributed by atoms with Crippen molar-refractivity contribution in [2.24, 2.45) is 5.10 Å². The van der Waals surface area contributed by atoms with Gasteiger partial charge in [0.1, 0.15) is 12.4 Å². The molecule has 1 heterocycles. The quantitative estimate of drug-likeness (QED) is 0.205. The highest BCUT2D eigenvalue weighted by molar-refractivity contribution is 6.35. The first kappa shape index (κ1) is 25.9. The molecular weight excluding hydrogens is 450 g/mol. The van der Waals surface area contributed by atoms with E-state index in [1.165, 1.54) is 13.1 Å². The van der Waals surface area contributed by atoms with Crippen molar-refractivity contribution in [2.75, 3.05) is 44.7 Å². The number of nitrogens with zero attached hydrogens (tertiary/aromatic N) is 2. The molecule has 2 aromatic carbocycles. The first-order valence-electron chi connectivity index (χ1n) is 11.5. The molecule has 1 aliphatic rings. The van der Waals surface area contributed by atoms with Crippen molar-refractivity contribution in [3.63, 3.8) is 0 Å². The van der Waals surface area contributed by atoms with Gasteiger partial charge in [0, 0.05) is 32.2 Å². The summed E-state index contributed by atoms with van der Waals surface area (Å²) in [5.74, 6) is -0.986. The average molecular weight is 482 g/mol. The lowest BCUT2D eigenvalue weighted by Crippen LogP contribution is -2.40. The number of carbonyl (C=O) groups is 3. The fraction of sp³-hybridized carbons (Fsp3) is 0.360. The second-order valence-electron chi connectivity index (χ2n) is 8.00. The van der Waals surface area contributed by atoms with Crippen LogP contribution in [0.2, 0.25) is 0 Å². The van der Waals surface area contributed by atoms with Gasteiger partial charge in [0.25, 0.3) is 0 Å². The Balaban J connectivity index is 1.37.